The molecule has 7 heteroatoms. The zero-order chi connectivity index (χ0) is 12.3. The number of carbonyl (C=O) groups is 1. The molecular formula is C10H15N5O2. The Morgan fingerprint density at radius 3 is 3.18 bits per heavy atom. The summed E-state index contributed by atoms with van der Waals surface area (Å²) in [4.78, 5) is 17.2. The standard InChI is InChI=1S/C10H15N5O2/c11-10(16)8-6-17-4-3-15(8)7-1-2-13-9(5-7)14-12/h1-2,5,8H,3-4,6,12H2,(H2,11,16)(H,13,14). The molecule has 0 bridgehead atoms. The van der Waals surface area contributed by atoms with E-state index < -0.39 is 11.9 Å². The van der Waals surface area contributed by atoms with Gasteiger partial charge in [-0.25, -0.2) is 10.8 Å². The van der Waals surface area contributed by atoms with E-state index in [1.165, 1.54) is 0 Å². The molecule has 0 aliphatic carbocycles. The van der Waals surface area contributed by atoms with E-state index in [9.17, 15) is 4.79 Å². The number of primary amides is 1. The molecule has 1 aromatic rings. The molecule has 0 aromatic carbocycles. The maximum atomic E-state index is 11.3. The number of nitrogen functional groups attached to an aromatic ring is 1. The van der Waals surface area contributed by atoms with Crippen molar-refractivity contribution in [3.8, 4) is 0 Å². The van der Waals surface area contributed by atoms with Crippen molar-refractivity contribution in [3.05, 3.63) is 18.3 Å². The fraction of sp³-hybridized carbons (Fsp3) is 0.400. The summed E-state index contributed by atoms with van der Waals surface area (Å²) in [6, 6.07) is 3.13. The second-order valence-electron chi connectivity index (χ2n) is 3.73. The second kappa shape index (κ2) is 4.98. The quantitative estimate of drug-likeness (QED) is 0.462. The first-order valence-corrected chi connectivity index (χ1v) is 5.28. The summed E-state index contributed by atoms with van der Waals surface area (Å²) >= 11 is 0. The molecule has 2 heterocycles. The third kappa shape index (κ3) is 2.45. The van der Waals surface area contributed by atoms with E-state index in [4.69, 9.17) is 16.3 Å². The molecule has 1 atom stereocenters. The van der Waals surface area contributed by atoms with E-state index in [-0.39, 0.29) is 0 Å². The topological polar surface area (TPSA) is 106 Å². The smallest absolute Gasteiger partial charge is 0.242 e. The van der Waals surface area contributed by atoms with Gasteiger partial charge in [0, 0.05) is 24.5 Å². The summed E-state index contributed by atoms with van der Waals surface area (Å²) in [6.07, 6.45) is 1.62. The Morgan fingerprint density at radius 2 is 2.47 bits per heavy atom. The number of hydrogen-bond acceptors (Lipinski definition) is 6. The molecule has 1 aliphatic rings. The van der Waals surface area contributed by atoms with Crippen molar-refractivity contribution < 1.29 is 9.53 Å². The highest BCUT2D eigenvalue weighted by molar-refractivity contribution is 5.84. The molecule has 2 rings (SSSR count). The van der Waals surface area contributed by atoms with Crippen LogP contribution in [0.2, 0.25) is 0 Å². The van der Waals surface area contributed by atoms with Crippen molar-refractivity contribution in [2.45, 2.75) is 6.04 Å². The Kier molecular flexibility index (Phi) is 3.40. The number of nitrogens with one attached hydrogen (secondary N) is 1. The maximum Gasteiger partial charge on any atom is 0.242 e. The number of nitrogens with zero attached hydrogens (tertiary/aromatic N) is 2. The van der Waals surface area contributed by atoms with Gasteiger partial charge in [-0.3, -0.25) is 4.79 Å². The Labute approximate surface area is 98.7 Å². The van der Waals surface area contributed by atoms with Crippen molar-refractivity contribution in [1.29, 1.82) is 0 Å². The summed E-state index contributed by atoms with van der Waals surface area (Å²) in [5, 5.41) is 0. The first-order valence-electron chi connectivity index (χ1n) is 5.28. The van der Waals surface area contributed by atoms with Gasteiger partial charge in [-0.2, -0.15) is 0 Å². The van der Waals surface area contributed by atoms with E-state index in [2.05, 4.69) is 10.4 Å². The predicted molar refractivity (Wildman–Crippen MR) is 63.2 cm³/mol. The lowest BCUT2D eigenvalue weighted by Gasteiger charge is -2.35. The highest BCUT2D eigenvalue weighted by atomic mass is 16.5. The zero-order valence-electron chi connectivity index (χ0n) is 9.30. The van der Waals surface area contributed by atoms with Gasteiger partial charge in [0.05, 0.1) is 13.2 Å². The lowest BCUT2D eigenvalue weighted by molar-refractivity contribution is -0.121. The molecular weight excluding hydrogens is 222 g/mol. The minimum atomic E-state index is -0.447. The van der Waals surface area contributed by atoms with Crippen LogP contribution in [0.25, 0.3) is 0 Å². The van der Waals surface area contributed by atoms with Crippen LogP contribution in [0.4, 0.5) is 11.5 Å². The molecule has 92 valence electrons. The van der Waals surface area contributed by atoms with E-state index in [1.807, 2.05) is 11.0 Å². The average Bonchev–Trinajstić information content (AvgIpc) is 2.39. The Balaban J connectivity index is 2.26. The predicted octanol–water partition coefficient (Wildman–Crippen LogP) is -0.942. The Hall–Kier alpha value is -1.86. The lowest BCUT2D eigenvalue weighted by atomic mass is 10.2. The van der Waals surface area contributed by atoms with Crippen molar-refractivity contribution in [2.75, 3.05) is 30.1 Å². The van der Waals surface area contributed by atoms with Crippen LogP contribution in [-0.2, 0) is 9.53 Å². The van der Waals surface area contributed by atoms with Crippen LogP contribution in [0.3, 0.4) is 0 Å². The summed E-state index contributed by atoms with van der Waals surface area (Å²) in [5.74, 6) is 5.44. The Bertz CT molecular complexity index is 411. The van der Waals surface area contributed by atoms with Crippen molar-refractivity contribution in [1.82, 2.24) is 4.98 Å². The number of carbonyl (C=O) groups excluding carboxylic acids is 1. The molecule has 1 fully saturated rings. The number of rotatable bonds is 3. The van der Waals surface area contributed by atoms with E-state index in [1.54, 1.807) is 12.3 Å². The maximum absolute atomic E-state index is 11.3. The van der Waals surface area contributed by atoms with Crippen molar-refractivity contribution >= 4 is 17.4 Å². The number of anilines is 2. The van der Waals surface area contributed by atoms with E-state index in [0.717, 1.165) is 5.69 Å². The monoisotopic (exact) mass is 237 g/mol. The minimum absolute atomic E-state index is 0.309. The first-order chi connectivity index (χ1) is 8.22. The third-order valence-electron chi connectivity index (χ3n) is 2.68. The average molecular weight is 237 g/mol. The number of morpholine rings is 1. The molecule has 1 unspecified atom stereocenters. The van der Waals surface area contributed by atoms with Crippen LogP contribution in [0.5, 0.6) is 0 Å². The summed E-state index contributed by atoms with van der Waals surface area (Å²) in [5.41, 5.74) is 8.66. The van der Waals surface area contributed by atoms with Gasteiger partial charge in [-0.1, -0.05) is 0 Å². The third-order valence-corrected chi connectivity index (χ3v) is 2.68. The number of amides is 1. The van der Waals surface area contributed by atoms with Crippen LogP contribution in [0.15, 0.2) is 18.3 Å². The lowest BCUT2D eigenvalue weighted by Crippen LogP contribution is -2.52. The summed E-state index contributed by atoms with van der Waals surface area (Å²) in [7, 11) is 0. The molecule has 5 N–H and O–H groups in total. The van der Waals surface area contributed by atoms with E-state index in [0.29, 0.717) is 25.6 Å². The number of pyridine rings is 1. The zero-order valence-corrected chi connectivity index (χ0v) is 9.30. The highest BCUT2D eigenvalue weighted by Gasteiger charge is 2.27. The number of nitrogens with two attached hydrogens (primary N) is 2. The molecule has 0 radical (unpaired) electrons. The molecule has 1 amide bonds. The molecule has 7 nitrogen and oxygen atoms in total. The second-order valence-corrected chi connectivity index (χ2v) is 3.73. The number of aromatic nitrogens is 1. The molecule has 0 saturated carbocycles. The van der Waals surface area contributed by atoms with Crippen LogP contribution in [-0.4, -0.2) is 36.7 Å². The Morgan fingerprint density at radius 1 is 1.65 bits per heavy atom. The van der Waals surface area contributed by atoms with Crippen LogP contribution >= 0.6 is 0 Å². The van der Waals surface area contributed by atoms with E-state index >= 15 is 0 Å². The molecule has 17 heavy (non-hydrogen) atoms. The molecule has 0 spiro atoms. The van der Waals surface area contributed by atoms with Gasteiger partial charge < -0.3 is 20.8 Å². The SMILES string of the molecule is NNc1cc(N2CCOCC2C(N)=O)ccn1. The number of ether oxygens (including phenoxy) is 1. The summed E-state index contributed by atoms with van der Waals surface area (Å²) in [6.45, 7) is 1.49. The highest BCUT2D eigenvalue weighted by Crippen LogP contribution is 2.21. The van der Waals surface area contributed by atoms with Gasteiger partial charge >= 0.3 is 0 Å². The molecule has 1 saturated heterocycles. The number of hydrazine groups is 1. The van der Waals surface area contributed by atoms with Crippen molar-refractivity contribution in [3.63, 3.8) is 0 Å². The normalized spacial score (nSPS) is 20.1. The van der Waals surface area contributed by atoms with Gasteiger partial charge in [0.1, 0.15) is 11.9 Å². The number of hydrogen-bond donors (Lipinski definition) is 3. The van der Waals surface area contributed by atoms with Crippen LogP contribution < -0.4 is 21.9 Å². The fourth-order valence-corrected chi connectivity index (χ4v) is 1.83. The van der Waals surface area contributed by atoms with Gasteiger partial charge in [0.25, 0.3) is 0 Å². The van der Waals surface area contributed by atoms with Crippen LogP contribution in [0, 0.1) is 0 Å². The summed E-state index contributed by atoms with van der Waals surface area (Å²) < 4.78 is 5.25. The van der Waals surface area contributed by atoms with Gasteiger partial charge in [0.2, 0.25) is 5.91 Å². The minimum Gasteiger partial charge on any atom is -0.377 e. The van der Waals surface area contributed by atoms with Gasteiger partial charge in [0.15, 0.2) is 0 Å². The van der Waals surface area contributed by atoms with Crippen LogP contribution in [0.1, 0.15) is 0 Å². The largest absolute Gasteiger partial charge is 0.377 e. The molecule has 1 aromatic heterocycles. The fourth-order valence-electron chi connectivity index (χ4n) is 1.83. The van der Waals surface area contributed by atoms with Gasteiger partial charge in [-0.05, 0) is 6.07 Å². The van der Waals surface area contributed by atoms with Gasteiger partial charge in [-0.15, -0.1) is 0 Å². The van der Waals surface area contributed by atoms with Crippen molar-refractivity contribution in [2.24, 2.45) is 11.6 Å². The molecule has 1 aliphatic heterocycles. The first kappa shape index (κ1) is 11.6.